The Labute approximate surface area is 71.1 Å². The first-order valence-corrected chi connectivity index (χ1v) is 3.73. The highest BCUT2D eigenvalue weighted by atomic mass is 15.1. The second-order valence-corrected chi connectivity index (χ2v) is 2.66. The molecule has 1 aromatic rings. The third-order valence-corrected chi connectivity index (χ3v) is 1.40. The third-order valence-electron chi connectivity index (χ3n) is 1.40. The normalized spacial score (nSPS) is 12.4. The first-order chi connectivity index (χ1) is 5.68. The summed E-state index contributed by atoms with van der Waals surface area (Å²) in [5, 5.41) is 0. The summed E-state index contributed by atoms with van der Waals surface area (Å²) in [5.41, 5.74) is 10.5. The summed E-state index contributed by atoms with van der Waals surface area (Å²) >= 11 is 0. The summed E-state index contributed by atoms with van der Waals surface area (Å²) in [5.74, 6) is 0.127. The maximum Gasteiger partial charge on any atom is 0.186 e. The molecule has 0 spiro atoms. The molecule has 0 saturated heterocycles. The molecule has 0 aliphatic heterocycles. The van der Waals surface area contributed by atoms with Crippen LogP contribution in [0.5, 0.6) is 0 Å². The lowest BCUT2D eigenvalue weighted by molar-refractivity contribution is 0.590. The topological polar surface area (TPSA) is 82.2 Å². The Kier molecular flexibility index (Phi) is 2.68. The fourth-order valence-corrected chi connectivity index (χ4v) is 0.995. The van der Waals surface area contributed by atoms with E-state index in [4.69, 9.17) is 11.5 Å². The van der Waals surface area contributed by atoms with Crippen LogP contribution in [0.2, 0.25) is 0 Å². The standard InChI is InChI=1S/C7H13N5/c1-6(11-7(8)9)4-12-3-2-10-5-12/h2-3,5-6H,4H2,1H3,(H4,8,9,11). The Morgan fingerprint density at radius 1 is 1.67 bits per heavy atom. The number of nitrogens with zero attached hydrogens (tertiary/aromatic N) is 3. The second kappa shape index (κ2) is 3.75. The van der Waals surface area contributed by atoms with Crippen LogP contribution >= 0.6 is 0 Å². The minimum absolute atomic E-state index is 0.0872. The van der Waals surface area contributed by atoms with Crippen molar-refractivity contribution in [1.29, 1.82) is 0 Å². The molecule has 1 atom stereocenters. The Bertz CT molecular complexity index is 247. The molecule has 4 N–H and O–H groups in total. The second-order valence-electron chi connectivity index (χ2n) is 2.66. The largest absolute Gasteiger partial charge is 0.370 e. The van der Waals surface area contributed by atoms with Gasteiger partial charge in [0, 0.05) is 18.9 Å². The molecular weight excluding hydrogens is 154 g/mol. The van der Waals surface area contributed by atoms with Crippen molar-refractivity contribution < 1.29 is 0 Å². The van der Waals surface area contributed by atoms with Gasteiger partial charge in [0.2, 0.25) is 0 Å². The zero-order valence-electron chi connectivity index (χ0n) is 7.01. The molecule has 66 valence electrons. The number of hydrogen-bond acceptors (Lipinski definition) is 2. The fraction of sp³-hybridized carbons (Fsp3) is 0.429. The van der Waals surface area contributed by atoms with Gasteiger partial charge in [0.15, 0.2) is 5.96 Å². The Balaban J connectivity index is 2.47. The van der Waals surface area contributed by atoms with Crippen molar-refractivity contribution in [3.8, 4) is 0 Å². The molecule has 0 amide bonds. The van der Waals surface area contributed by atoms with Crippen molar-refractivity contribution >= 4 is 5.96 Å². The van der Waals surface area contributed by atoms with Crippen molar-refractivity contribution in [2.45, 2.75) is 19.5 Å². The van der Waals surface area contributed by atoms with Crippen LogP contribution in [0.15, 0.2) is 23.7 Å². The zero-order valence-corrected chi connectivity index (χ0v) is 7.01. The highest BCUT2D eigenvalue weighted by molar-refractivity contribution is 5.75. The maximum atomic E-state index is 5.23. The molecule has 1 rings (SSSR count). The monoisotopic (exact) mass is 167 g/mol. The van der Waals surface area contributed by atoms with E-state index < -0.39 is 0 Å². The van der Waals surface area contributed by atoms with Gasteiger partial charge in [0.25, 0.3) is 0 Å². The van der Waals surface area contributed by atoms with E-state index in [1.807, 2.05) is 17.7 Å². The average molecular weight is 167 g/mol. The van der Waals surface area contributed by atoms with Crippen molar-refractivity contribution in [1.82, 2.24) is 9.55 Å². The molecule has 0 saturated carbocycles. The van der Waals surface area contributed by atoms with Crippen molar-refractivity contribution in [2.24, 2.45) is 16.5 Å². The van der Waals surface area contributed by atoms with Crippen molar-refractivity contribution in [2.75, 3.05) is 0 Å². The van der Waals surface area contributed by atoms with Gasteiger partial charge in [-0.1, -0.05) is 0 Å². The van der Waals surface area contributed by atoms with Crippen LogP contribution in [-0.4, -0.2) is 21.6 Å². The molecule has 1 unspecified atom stereocenters. The van der Waals surface area contributed by atoms with Crippen molar-refractivity contribution in [3.05, 3.63) is 18.7 Å². The lowest BCUT2D eigenvalue weighted by Gasteiger charge is -2.06. The molecule has 5 nitrogen and oxygen atoms in total. The minimum Gasteiger partial charge on any atom is -0.370 e. The van der Waals surface area contributed by atoms with Gasteiger partial charge >= 0.3 is 0 Å². The molecule has 0 aromatic carbocycles. The summed E-state index contributed by atoms with van der Waals surface area (Å²) in [7, 11) is 0. The Morgan fingerprint density at radius 3 is 2.92 bits per heavy atom. The lowest BCUT2D eigenvalue weighted by Crippen LogP contribution is -2.26. The van der Waals surface area contributed by atoms with Crippen molar-refractivity contribution in [3.63, 3.8) is 0 Å². The molecule has 1 heterocycles. The summed E-state index contributed by atoms with van der Waals surface area (Å²) in [6, 6.07) is 0.0872. The van der Waals surface area contributed by atoms with Gasteiger partial charge in [0.1, 0.15) is 0 Å². The quantitative estimate of drug-likeness (QED) is 0.472. The van der Waals surface area contributed by atoms with E-state index >= 15 is 0 Å². The molecule has 0 aliphatic rings. The molecule has 5 heteroatoms. The van der Waals surface area contributed by atoms with Gasteiger partial charge in [-0.15, -0.1) is 0 Å². The molecule has 0 aliphatic carbocycles. The number of nitrogens with two attached hydrogens (primary N) is 2. The van der Waals surface area contributed by atoms with E-state index in [0.29, 0.717) is 0 Å². The highest BCUT2D eigenvalue weighted by Crippen LogP contribution is 1.94. The number of rotatable bonds is 3. The first-order valence-electron chi connectivity index (χ1n) is 3.73. The summed E-state index contributed by atoms with van der Waals surface area (Å²) in [6.45, 7) is 2.69. The first kappa shape index (κ1) is 8.58. The highest BCUT2D eigenvalue weighted by Gasteiger charge is 1.99. The third kappa shape index (κ3) is 2.61. The van der Waals surface area contributed by atoms with Crippen LogP contribution in [-0.2, 0) is 6.54 Å². The molecule has 12 heavy (non-hydrogen) atoms. The molecule has 0 radical (unpaired) electrons. The van der Waals surface area contributed by atoms with Gasteiger partial charge < -0.3 is 16.0 Å². The zero-order chi connectivity index (χ0) is 8.97. The summed E-state index contributed by atoms with van der Waals surface area (Å²) < 4.78 is 1.93. The van der Waals surface area contributed by atoms with Crippen LogP contribution in [0.3, 0.4) is 0 Å². The average Bonchev–Trinajstić information content (AvgIpc) is 2.37. The van der Waals surface area contributed by atoms with E-state index in [1.165, 1.54) is 0 Å². The number of hydrogen-bond donors (Lipinski definition) is 2. The van der Waals surface area contributed by atoms with Crippen LogP contribution in [0, 0.1) is 0 Å². The van der Waals surface area contributed by atoms with Gasteiger partial charge in [-0.3, -0.25) is 0 Å². The minimum atomic E-state index is 0.0872. The predicted molar refractivity (Wildman–Crippen MR) is 47.5 cm³/mol. The molecule has 1 aromatic heterocycles. The van der Waals surface area contributed by atoms with E-state index in [-0.39, 0.29) is 12.0 Å². The van der Waals surface area contributed by atoms with Crippen LogP contribution in [0.1, 0.15) is 6.92 Å². The summed E-state index contributed by atoms with van der Waals surface area (Å²) in [4.78, 5) is 7.88. The number of guanidine groups is 1. The molecule has 0 bridgehead atoms. The van der Waals surface area contributed by atoms with Gasteiger partial charge in [0.05, 0.1) is 12.4 Å². The van der Waals surface area contributed by atoms with E-state index in [0.717, 1.165) is 6.54 Å². The Morgan fingerprint density at radius 2 is 2.42 bits per heavy atom. The molecule has 0 fully saturated rings. The SMILES string of the molecule is CC(Cn1ccnc1)N=C(N)N. The number of aliphatic imine (C=N–C) groups is 1. The van der Waals surface area contributed by atoms with Gasteiger partial charge in [-0.25, -0.2) is 9.98 Å². The lowest BCUT2D eigenvalue weighted by atomic mass is 10.3. The summed E-state index contributed by atoms with van der Waals surface area (Å²) in [6.07, 6.45) is 5.33. The van der Waals surface area contributed by atoms with E-state index in [2.05, 4.69) is 9.98 Å². The smallest absolute Gasteiger partial charge is 0.186 e. The molecular formula is C7H13N5. The van der Waals surface area contributed by atoms with Crippen LogP contribution < -0.4 is 11.5 Å². The van der Waals surface area contributed by atoms with Crippen LogP contribution in [0.25, 0.3) is 0 Å². The van der Waals surface area contributed by atoms with Crippen LogP contribution in [0.4, 0.5) is 0 Å². The van der Waals surface area contributed by atoms with E-state index in [9.17, 15) is 0 Å². The Hall–Kier alpha value is -1.52. The number of imidazole rings is 1. The predicted octanol–water partition coefficient (Wildman–Crippen LogP) is -0.455. The van der Waals surface area contributed by atoms with Gasteiger partial charge in [-0.05, 0) is 6.92 Å². The maximum absolute atomic E-state index is 5.23. The fourth-order valence-electron chi connectivity index (χ4n) is 0.995. The van der Waals surface area contributed by atoms with Gasteiger partial charge in [-0.2, -0.15) is 0 Å². The van der Waals surface area contributed by atoms with E-state index in [1.54, 1.807) is 12.5 Å². The number of aromatic nitrogens is 2.